The maximum atomic E-state index is 13.5. The third-order valence-electron chi connectivity index (χ3n) is 7.09. The summed E-state index contributed by atoms with van der Waals surface area (Å²) in [6.07, 6.45) is 4.86. The zero-order valence-corrected chi connectivity index (χ0v) is 20.7. The van der Waals surface area contributed by atoms with Gasteiger partial charge < -0.3 is 24.8 Å². The lowest BCUT2D eigenvalue weighted by molar-refractivity contribution is 0.0619. The van der Waals surface area contributed by atoms with Crippen molar-refractivity contribution in [3.8, 4) is 5.88 Å². The molecule has 3 aromatic rings. The highest BCUT2D eigenvalue weighted by Crippen LogP contribution is 2.49. The average molecular weight is 502 g/mol. The fourth-order valence-electron chi connectivity index (χ4n) is 4.87. The zero-order valence-electron chi connectivity index (χ0n) is 20.7. The Hall–Kier alpha value is -2.79. The van der Waals surface area contributed by atoms with Crippen LogP contribution in [0.25, 0.3) is 27.6 Å². The number of allylic oxidation sites excluding steroid dienone is 1. The average Bonchev–Trinajstić information content (AvgIpc) is 3.34. The Morgan fingerprint density at radius 2 is 1.97 bits per heavy atom. The molecule has 2 fully saturated rings. The molecule has 1 saturated heterocycles. The van der Waals surface area contributed by atoms with Gasteiger partial charge in [-0.3, -0.25) is 4.98 Å². The molecule has 0 amide bonds. The quantitative estimate of drug-likeness (QED) is 0.276. The van der Waals surface area contributed by atoms with Crippen LogP contribution < -0.4 is 16.3 Å². The van der Waals surface area contributed by atoms with Gasteiger partial charge in [-0.2, -0.15) is 0 Å². The van der Waals surface area contributed by atoms with Crippen molar-refractivity contribution in [2.75, 3.05) is 26.9 Å². The van der Waals surface area contributed by atoms with E-state index >= 15 is 0 Å². The Labute approximate surface area is 217 Å². The van der Waals surface area contributed by atoms with Gasteiger partial charge in [0.25, 0.3) is 5.92 Å². The highest BCUT2D eigenvalue weighted by Gasteiger charge is 2.57. The fourth-order valence-corrected chi connectivity index (χ4v) is 4.87. The van der Waals surface area contributed by atoms with Gasteiger partial charge in [0.15, 0.2) is 0 Å². The van der Waals surface area contributed by atoms with Crippen molar-refractivity contribution in [2.45, 2.75) is 36.8 Å². The first kappa shape index (κ1) is 25.8. The Morgan fingerprint density at radius 1 is 1.27 bits per heavy atom. The number of alkyl halides is 2. The fraction of sp³-hybridized carbons (Fsp3) is 0.500. The molecule has 1 saturated carbocycles. The maximum Gasteiger partial charge on any atom is 0.255 e. The summed E-state index contributed by atoms with van der Waals surface area (Å²) in [6, 6.07) is 3.76. The first-order valence-corrected chi connectivity index (χ1v) is 12.2. The molecule has 4 N–H and O–H groups in total. The topological polar surface area (TPSA) is 104 Å². The third-order valence-corrected chi connectivity index (χ3v) is 7.09. The molecular weight excluding hydrogens is 475 g/mol. The van der Waals surface area contributed by atoms with Crippen molar-refractivity contribution >= 4 is 51.2 Å². The summed E-state index contributed by atoms with van der Waals surface area (Å²) in [4.78, 5) is 9.08. The molecule has 0 aromatic carbocycles. The van der Waals surface area contributed by atoms with Crippen molar-refractivity contribution in [3.05, 3.63) is 35.8 Å². The Balaban J connectivity index is 1.66. The number of nitrogens with zero attached hydrogens (tertiary/aromatic N) is 4. The Morgan fingerprint density at radius 3 is 2.59 bits per heavy atom. The summed E-state index contributed by atoms with van der Waals surface area (Å²) >= 11 is 0. The van der Waals surface area contributed by atoms with Gasteiger partial charge in [0.2, 0.25) is 5.88 Å². The molecule has 188 valence electrons. The lowest BCUT2D eigenvalue weighted by atomic mass is 9.41. The number of ether oxygens (including phenoxy) is 2. The first-order valence-electron chi connectivity index (χ1n) is 12.2. The predicted octanol–water partition coefficient (Wildman–Crippen LogP) is 2.06. The molecule has 0 bridgehead atoms. The van der Waals surface area contributed by atoms with Crippen LogP contribution in [0.5, 0.6) is 5.88 Å². The minimum atomic E-state index is -2.68. The maximum absolute atomic E-state index is 13.5. The molecule has 6 radical (unpaired) electrons. The van der Waals surface area contributed by atoms with Crippen LogP contribution in [0.1, 0.15) is 24.8 Å². The van der Waals surface area contributed by atoms with E-state index in [0.29, 0.717) is 47.8 Å². The normalized spacial score (nSPS) is 20.7. The minimum Gasteiger partial charge on any atom is -0.477 e. The molecule has 1 aliphatic heterocycles. The van der Waals surface area contributed by atoms with Crippen LogP contribution in [0.15, 0.2) is 30.2 Å². The van der Waals surface area contributed by atoms with Gasteiger partial charge >= 0.3 is 0 Å². The smallest absolute Gasteiger partial charge is 0.255 e. The summed E-state index contributed by atoms with van der Waals surface area (Å²) in [7, 11) is 19.2. The van der Waals surface area contributed by atoms with Crippen molar-refractivity contribution in [2.24, 2.45) is 23.4 Å². The predicted molar refractivity (Wildman–Crippen MR) is 140 cm³/mol. The van der Waals surface area contributed by atoms with E-state index in [0.717, 1.165) is 23.9 Å². The van der Waals surface area contributed by atoms with Crippen LogP contribution in [0, 0.1) is 11.8 Å². The number of rotatable bonds is 8. The zero-order chi connectivity index (χ0) is 26.5. The molecule has 4 heterocycles. The molecule has 13 heteroatoms. The second-order valence-electron chi connectivity index (χ2n) is 10.0. The number of hydrogen-bond donors (Lipinski definition) is 2. The van der Waals surface area contributed by atoms with E-state index in [1.165, 1.54) is 5.01 Å². The lowest BCUT2D eigenvalue weighted by Crippen LogP contribution is -2.32. The van der Waals surface area contributed by atoms with Crippen LogP contribution in [-0.2, 0) is 11.3 Å². The van der Waals surface area contributed by atoms with Gasteiger partial charge in [0, 0.05) is 56.9 Å². The number of halogens is 2. The lowest BCUT2D eigenvalue weighted by Gasteiger charge is -2.28. The van der Waals surface area contributed by atoms with E-state index in [-0.39, 0.29) is 24.6 Å². The number of fused-ring (bicyclic) bond motifs is 3. The van der Waals surface area contributed by atoms with Crippen molar-refractivity contribution in [1.29, 1.82) is 0 Å². The summed E-state index contributed by atoms with van der Waals surface area (Å²) in [5.74, 6) is 3.24. The van der Waals surface area contributed by atoms with Crippen LogP contribution in [0.4, 0.5) is 8.78 Å². The molecule has 1 aliphatic carbocycles. The van der Waals surface area contributed by atoms with E-state index in [4.69, 9.17) is 49.6 Å². The van der Waals surface area contributed by atoms with Gasteiger partial charge in [-0.15, -0.1) is 0 Å². The number of nitrogens with two attached hydrogens (primary N) is 2. The summed E-state index contributed by atoms with van der Waals surface area (Å²) < 4.78 is 40.5. The molecule has 2 aliphatic rings. The number of pyridine rings is 2. The second-order valence-corrected chi connectivity index (χ2v) is 10.0. The molecule has 1 atom stereocenters. The van der Waals surface area contributed by atoms with Gasteiger partial charge in [-0.1, -0.05) is 5.11 Å². The summed E-state index contributed by atoms with van der Waals surface area (Å²) in [6.45, 7) is 1.98. The van der Waals surface area contributed by atoms with Crippen molar-refractivity contribution in [3.63, 3.8) is 0 Å². The molecule has 1 unspecified atom stereocenters. The highest BCUT2D eigenvalue weighted by atomic mass is 19.3. The van der Waals surface area contributed by atoms with E-state index in [1.807, 2.05) is 12.1 Å². The van der Waals surface area contributed by atoms with Gasteiger partial charge in [-0.25, -0.2) is 19.6 Å². The van der Waals surface area contributed by atoms with E-state index in [1.54, 1.807) is 19.4 Å². The van der Waals surface area contributed by atoms with E-state index in [9.17, 15) is 8.78 Å². The standard InChI is InChI=1S/C24H27B3F2N6O2/c1-34(31)20(21(30)24(25,26)27)14-8-17-19(33-10-14)18-16(35(17)11-13-3-6-36-7-4-13)2-5-32-22(18)37-12-15-9-23(15,28)29/h2,5,8,10,13,15H,3-4,6-7,9,11-12,30-31H2,1H3/b21-20-. The molecule has 8 nitrogen and oxygen atoms in total. The third kappa shape index (κ3) is 5.03. The largest absolute Gasteiger partial charge is 0.477 e. The molecule has 37 heavy (non-hydrogen) atoms. The molecule has 0 spiro atoms. The van der Waals surface area contributed by atoms with Gasteiger partial charge in [0.05, 0.1) is 58.2 Å². The highest BCUT2D eigenvalue weighted by molar-refractivity contribution is 6.61. The van der Waals surface area contributed by atoms with Crippen LogP contribution in [0.2, 0.25) is 5.11 Å². The minimum absolute atomic E-state index is 0.0122. The Bertz CT molecular complexity index is 1350. The molecule has 3 aromatic heterocycles. The summed E-state index contributed by atoms with van der Waals surface area (Å²) in [5.41, 5.74) is 9.31. The molecular formula is C24H27B3F2N6O2. The number of aromatic nitrogens is 3. The van der Waals surface area contributed by atoms with Crippen LogP contribution in [-0.4, -0.2) is 75.9 Å². The van der Waals surface area contributed by atoms with Crippen molar-refractivity contribution < 1.29 is 18.3 Å². The van der Waals surface area contributed by atoms with Gasteiger partial charge in [-0.05, 0) is 30.9 Å². The van der Waals surface area contributed by atoms with E-state index < -0.39 is 17.0 Å². The number of hydrogen-bond acceptors (Lipinski definition) is 7. The second kappa shape index (κ2) is 9.51. The van der Waals surface area contributed by atoms with Crippen LogP contribution in [0.3, 0.4) is 0 Å². The number of hydrazine groups is 1. The molecule has 5 rings (SSSR count). The first-order chi connectivity index (χ1) is 17.5. The van der Waals surface area contributed by atoms with E-state index in [2.05, 4.69) is 9.55 Å². The monoisotopic (exact) mass is 502 g/mol. The SMILES string of the molecule is [B]C([B])([B])/C(N)=C(\c1cnc2c3c(OCC4CC4(F)F)nccc3n(CC3CCOCC3)c2c1)N(C)N. The Kier molecular flexibility index (Phi) is 6.64. The summed E-state index contributed by atoms with van der Waals surface area (Å²) in [5, 5.41) is 0.143. The van der Waals surface area contributed by atoms with Crippen molar-refractivity contribution in [1.82, 2.24) is 19.5 Å². The van der Waals surface area contributed by atoms with Gasteiger partial charge in [0.1, 0.15) is 5.52 Å². The van der Waals surface area contributed by atoms with Crippen LogP contribution >= 0.6 is 0 Å².